The summed E-state index contributed by atoms with van der Waals surface area (Å²) in [4.78, 5) is 113. The van der Waals surface area contributed by atoms with Crippen LogP contribution in [0.25, 0.3) is 0 Å². The van der Waals surface area contributed by atoms with Gasteiger partial charge in [-0.3, -0.25) is 43.2 Å². The highest BCUT2D eigenvalue weighted by Gasteiger charge is 2.49. The summed E-state index contributed by atoms with van der Waals surface area (Å²) in [6.07, 6.45) is 51.5. The molecule has 660 valence electrons. The lowest BCUT2D eigenvalue weighted by Gasteiger charge is -2.33. The van der Waals surface area contributed by atoms with Crippen LogP contribution in [0.1, 0.15) is 390 Å². The summed E-state index contributed by atoms with van der Waals surface area (Å²) in [5.74, 6) is 1.15. The zero-order valence-electron chi connectivity index (χ0n) is 73.8. The Kier molecular flexibility index (Phi) is 45.1. The second kappa shape index (κ2) is 53.2. The number of ether oxygens (including phenoxy) is 10. The van der Waals surface area contributed by atoms with E-state index in [0.29, 0.717) is 107 Å². The molecular weight excluding hydrogens is 1460 g/mol. The van der Waals surface area contributed by atoms with Crippen molar-refractivity contribution in [2.75, 3.05) is 59.5 Å². The molecule has 0 aromatic rings. The van der Waals surface area contributed by atoms with Gasteiger partial charge in [0.15, 0.2) is 0 Å². The third kappa shape index (κ3) is 37.1. The number of carbonyl (C=O) groups excluding carboxylic acids is 9. The first-order valence-corrected chi connectivity index (χ1v) is 47.7. The minimum absolute atomic E-state index is 0.00354. The Hall–Kier alpha value is -4.65. The van der Waals surface area contributed by atoms with Crippen LogP contribution < -0.4 is 0 Å². The molecule has 0 radical (unpaired) electrons. The number of carbonyl (C=O) groups is 9. The Morgan fingerprint density at radius 3 is 0.957 bits per heavy atom. The lowest BCUT2D eigenvalue weighted by Crippen LogP contribution is -2.39. The van der Waals surface area contributed by atoms with Crippen molar-refractivity contribution < 1.29 is 90.5 Å². The van der Waals surface area contributed by atoms with Gasteiger partial charge in [0.2, 0.25) is 0 Å². The predicted octanol–water partition coefficient (Wildman–Crippen LogP) is 21.6. The van der Waals surface area contributed by atoms with Crippen molar-refractivity contribution in [3.63, 3.8) is 0 Å². The molecule has 2 heterocycles. The largest absolute Gasteiger partial charge is 0.465 e. The standard InChI is InChI=1S/C25H44O6.C25H38O5.C24H44O4.C22H36O4/c1-6-8-10-12-14-29-22(26)19-16-20(23(27)30-15-13-11-9-7-2)18-21(17-19)24(28)31-25(3,4)5;26-22(6-1-18-7-11-24(12-8-18)16-29-24)20-2-4-21(5-3-20)23(27)28-15-19-9-13-25(14-10-19)17-30-25;1-5-9-11-19(7-3)17-27-23(25)21-13-15-22(16-14-21)24(26)28-18-20(8-4)12-10-6-2;23-21(25-15-17-7-3-1-4-8-17)19-11-13-20(14-12-19)22(24)26-16-18-9-5-2-6-10-18/h19-21H,6-18H2,1-5H3;18-21H,1-17H2;19-22H,5-18H2,1-4H3;17-20H,1-16H2. The van der Waals surface area contributed by atoms with E-state index in [9.17, 15) is 43.2 Å². The van der Waals surface area contributed by atoms with Gasteiger partial charge in [0.1, 0.15) is 11.4 Å². The monoisotopic (exact) mass is 1620 g/mol. The van der Waals surface area contributed by atoms with Crippen molar-refractivity contribution in [1.82, 2.24) is 0 Å². The average Bonchev–Trinajstić information content (AvgIpc) is 1.70. The zero-order valence-corrected chi connectivity index (χ0v) is 73.8. The molecule has 10 fully saturated rings. The van der Waals surface area contributed by atoms with Crippen molar-refractivity contribution in [3.8, 4) is 0 Å². The minimum atomic E-state index is -0.612. The lowest BCUT2D eigenvalue weighted by atomic mass is 9.75. The van der Waals surface area contributed by atoms with Crippen LogP contribution in [0.3, 0.4) is 0 Å². The van der Waals surface area contributed by atoms with E-state index in [2.05, 4.69) is 41.5 Å². The van der Waals surface area contributed by atoms with Crippen LogP contribution in [0.15, 0.2) is 0 Å². The van der Waals surface area contributed by atoms with E-state index in [-0.39, 0.29) is 94.5 Å². The highest BCUT2D eigenvalue weighted by atomic mass is 16.6. The van der Waals surface area contributed by atoms with Gasteiger partial charge < -0.3 is 47.4 Å². The molecule has 0 aromatic carbocycles. The molecule has 0 aromatic heterocycles. The molecule has 19 heteroatoms. The highest BCUT2D eigenvalue weighted by molar-refractivity contribution is 5.82. The van der Waals surface area contributed by atoms with Crippen molar-refractivity contribution in [2.24, 2.45) is 88.8 Å². The van der Waals surface area contributed by atoms with Crippen molar-refractivity contribution >= 4 is 53.5 Å². The fraction of sp³-hybridized carbons (Fsp3) is 0.906. The van der Waals surface area contributed by atoms with Crippen LogP contribution in [-0.2, 0) is 90.5 Å². The van der Waals surface area contributed by atoms with Crippen molar-refractivity contribution in [3.05, 3.63) is 0 Å². The molecule has 8 saturated carbocycles. The summed E-state index contributed by atoms with van der Waals surface area (Å²) in [6, 6.07) is 0. The number of esters is 8. The first-order chi connectivity index (χ1) is 55.5. The molecule has 0 bridgehead atoms. The summed E-state index contributed by atoms with van der Waals surface area (Å²) in [7, 11) is 0. The van der Waals surface area contributed by atoms with Crippen LogP contribution >= 0.6 is 0 Å². The third-order valence-electron chi connectivity index (χ3n) is 27.7. The van der Waals surface area contributed by atoms with Gasteiger partial charge in [0, 0.05) is 12.3 Å². The maximum Gasteiger partial charge on any atom is 0.309 e. The van der Waals surface area contributed by atoms with Crippen LogP contribution in [0.4, 0.5) is 0 Å². The van der Waals surface area contributed by atoms with Crippen LogP contribution in [-0.4, -0.2) is 130 Å². The average molecular weight is 1620 g/mol. The number of hydrogen-bond acceptors (Lipinski definition) is 19. The van der Waals surface area contributed by atoms with E-state index >= 15 is 0 Å². The topological polar surface area (TPSA) is 253 Å². The minimum Gasteiger partial charge on any atom is -0.465 e. The van der Waals surface area contributed by atoms with E-state index < -0.39 is 23.4 Å². The third-order valence-corrected chi connectivity index (χ3v) is 27.7. The molecule has 2 aliphatic heterocycles. The Morgan fingerprint density at radius 2 is 0.635 bits per heavy atom. The smallest absolute Gasteiger partial charge is 0.309 e. The van der Waals surface area contributed by atoms with Crippen molar-refractivity contribution in [2.45, 2.75) is 407 Å². The molecule has 8 aliphatic carbocycles. The number of ketones is 1. The fourth-order valence-corrected chi connectivity index (χ4v) is 19.0. The first-order valence-electron chi connectivity index (χ1n) is 47.7. The Bertz CT molecular complexity index is 2610. The molecule has 0 N–H and O–H groups in total. The van der Waals surface area contributed by atoms with Gasteiger partial charge in [-0.25, -0.2) is 0 Å². The van der Waals surface area contributed by atoms with Crippen LogP contribution in [0, 0.1) is 88.8 Å². The molecule has 4 atom stereocenters. The summed E-state index contributed by atoms with van der Waals surface area (Å²) in [5.41, 5.74) is -0.159. The lowest BCUT2D eigenvalue weighted by molar-refractivity contribution is -0.167. The van der Waals surface area contributed by atoms with Crippen LogP contribution in [0.2, 0.25) is 0 Å². The van der Waals surface area contributed by atoms with E-state index in [0.717, 1.165) is 206 Å². The Labute approximate surface area is 695 Å². The van der Waals surface area contributed by atoms with Gasteiger partial charge in [-0.15, -0.1) is 0 Å². The number of hydrogen-bond donors (Lipinski definition) is 0. The van der Waals surface area contributed by atoms with Gasteiger partial charge in [-0.1, -0.05) is 157 Å². The maximum absolute atomic E-state index is 12.7. The SMILES string of the molecule is CCCCC(CC)COC(=O)C1CCC(C(=O)OCC(CC)CCCC)CC1.CCCCCCOC(=O)C1CC(C(=O)OCCCCCC)CC(C(=O)OC(C)(C)C)C1.O=C(CCC1CCC2(CC1)CO2)C1CCC(C(=O)OCC2CCC3(CC2)CO3)CC1.O=C(OCC1CCCCC1)C1CCC(C(=O)OCC2CCCCC2)CC1. The molecule has 0 amide bonds. The summed E-state index contributed by atoms with van der Waals surface area (Å²) < 4.78 is 55.7. The maximum atomic E-state index is 12.7. The zero-order chi connectivity index (χ0) is 82.9. The number of rotatable bonds is 40. The highest BCUT2D eigenvalue weighted by Crippen LogP contribution is 2.47. The summed E-state index contributed by atoms with van der Waals surface area (Å²) in [6.45, 7) is 24.0. The number of epoxide rings is 2. The predicted molar refractivity (Wildman–Crippen MR) is 447 cm³/mol. The molecule has 10 aliphatic rings. The molecule has 4 unspecified atom stereocenters. The van der Waals surface area contributed by atoms with E-state index in [1.54, 1.807) is 0 Å². The fourth-order valence-electron chi connectivity index (χ4n) is 19.0. The Balaban J connectivity index is 0.000000213. The first kappa shape index (κ1) is 97.5. The quantitative estimate of drug-likeness (QED) is 0.0239. The molecule has 2 saturated heterocycles. The molecule has 10 rings (SSSR count). The van der Waals surface area contributed by atoms with Crippen LogP contribution in [0.5, 0.6) is 0 Å². The van der Waals surface area contributed by atoms with Gasteiger partial charge in [0.25, 0.3) is 0 Å². The van der Waals surface area contributed by atoms with Gasteiger partial charge in [-0.05, 0) is 262 Å². The molecule has 2 spiro atoms. The van der Waals surface area contributed by atoms with E-state index in [4.69, 9.17) is 47.4 Å². The van der Waals surface area contributed by atoms with Crippen molar-refractivity contribution in [1.29, 1.82) is 0 Å². The van der Waals surface area contributed by atoms with E-state index in [1.165, 1.54) is 116 Å². The van der Waals surface area contributed by atoms with Gasteiger partial charge >= 0.3 is 47.8 Å². The second-order valence-corrected chi connectivity index (χ2v) is 38.3. The Morgan fingerprint density at radius 1 is 0.330 bits per heavy atom. The second-order valence-electron chi connectivity index (χ2n) is 38.3. The number of unbranched alkanes of at least 4 members (excludes halogenated alkanes) is 8. The van der Waals surface area contributed by atoms with Gasteiger partial charge in [0.05, 0.1) is 118 Å². The number of Topliss-reactive ketones (excluding diaryl/α,β-unsaturated/α-hetero) is 1. The van der Waals surface area contributed by atoms with Gasteiger partial charge in [-0.2, -0.15) is 0 Å². The molecular formula is C96H162O19. The summed E-state index contributed by atoms with van der Waals surface area (Å²) >= 11 is 0. The molecule has 115 heavy (non-hydrogen) atoms. The van der Waals surface area contributed by atoms with E-state index in [1.807, 2.05) is 20.8 Å². The molecule has 19 nitrogen and oxygen atoms in total. The normalized spacial score (nSPS) is 28.7. The summed E-state index contributed by atoms with van der Waals surface area (Å²) in [5, 5.41) is 0.